The number of rotatable bonds is 4. The number of hydrogen-bond acceptors (Lipinski definition) is 3. The molecule has 2 rings (SSSR count). The zero-order valence-corrected chi connectivity index (χ0v) is 9.62. The third-order valence-electron chi connectivity index (χ3n) is 2.52. The van der Waals surface area contributed by atoms with E-state index >= 15 is 0 Å². The van der Waals surface area contributed by atoms with E-state index in [1.807, 2.05) is 18.2 Å². The molecule has 1 aromatic carbocycles. The fourth-order valence-corrected chi connectivity index (χ4v) is 1.71. The van der Waals surface area contributed by atoms with Crippen LogP contribution < -0.4 is 15.8 Å². The number of carbonyl (C=O) groups is 1. The molecule has 5 nitrogen and oxygen atoms in total. The fraction of sp³-hybridized carbons (Fsp3) is 0.250. The maximum atomic E-state index is 11.7. The molecule has 5 heteroatoms. The Labute approximate surface area is 98.9 Å². The van der Waals surface area contributed by atoms with Crippen LogP contribution in [-0.2, 0) is 0 Å². The molecule has 0 saturated heterocycles. The van der Waals surface area contributed by atoms with Gasteiger partial charge in [0.15, 0.2) is 0 Å². The second-order valence-corrected chi connectivity index (χ2v) is 3.65. The fourth-order valence-electron chi connectivity index (χ4n) is 1.71. The Balaban J connectivity index is 2.34. The third kappa shape index (κ3) is 2.24. The number of methoxy groups -OCH3 is 1. The van der Waals surface area contributed by atoms with Gasteiger partial charge in [-0.05, 0) is 18.2 Å². The van der Waals surface area contributed by atoms with Crippen molar-refractivity contribution in [3.63, 3.8) is 0 Å². The van der Waals surface area contributed by atoms with Crippen LogP contribution in [0.5, 0.6) is 5.75 Å². The smallest absolute Gasteiger partial charge is 0.267 e. The Kier molecular flexibility index (Phi) is 3.30. The summed E-state index contributed by atoms with van der Waals surface area (Å²) in [6.45, 7) is 0.890. The Morgan fingerprint density at radius 3 is 3.06 bits per heavy atom. The Morgan fingerprint density at radius 2 is 2.35 bits per heavy atom. The van der Waals surface area contributed by atoms with Crippen molar-refractivity contribution in [2.24, 2.45) is 5.73 Å². The summed E-state index contributed by atoms with van der Waals surface area (Å²) < 4.78 is 5.23. The minimum absolute atomic E-state index is 0.159. The lowest BCUT2D eigenvalue weighted by Crippen LogP contribution is -2.29. The standard InChI is InChI=1S/C12H15N3O2/c1-17-11-4-2-3-9-8(11)7-10(15-9)12(16)14-6-5-13/h2-4,7,15H,5-6,13H2,1H3,(H,14,16). The van der Waals surface area contributed by atoms with Gasteiger partial charge in [-0.3, -0.25) is 4.79 Å². The van der Waals surface area contributed by atoms with Gasteiger partial charge in [0.05, 0.1) is 7.11 Å². The molecule has 1 heterocycles. The van der Waals surface area contributed by atoms with E-state index in [0.29, 0.717) is 18.8 Å². The molecule has 1 aromatic heterocycles. The number of carbonyl (C=O) groups excluding carboxylic acids is 1. The van der Waals surface area contributed by atoms with Crippen molar-refractivity contribution >= 4 is 16.8 Å². The number of nitrogens with one attached hydrogen (secondary N) is 2. The van der Waals surface area contributed by atoms with Gasteiger partial charge in [-0.2, -0.15) is 0 Å². The summed E-state index contributed by atoms with van der Waals surface area (Å²) in [5.41, 5.74) is 6.72. The summed E-state index contributed by atoms with van der Waals surface area (Å²) in [6.07, 6.45) is 0. The Morgan fingerprint density at radius 1 is 1.53 bits per heavy atom. The molecule has 0 saturated carbocycles. The molecular weight excluding hydrogens is 218 g/mol. The van der Waals surface area contributed by atoms with Crippen molar-refractivity contribution in [3.8, 4) is 5.75 Å². The molecule has 17 heavy (non-hydrogen) atoms. The first kappa shape index (κ1) is 11.5. The Bertz CT molecular complexity index is 534. The zero-order chi connectivity index (χ0) is 12.3. The predicted molar refractivity (Wildman–Crippen MR) is 66.2 cm³/mol. The maximum absolute atomic E-state index is 11.7. The zero-order valence-electron chi connectivity index (χ0n) is 9.62. The highest BCUT2D eigenvalue weighted by Gasteiger charge is 2.10. The highest BCUT2D eigenvalue weighted by atomic mass is 16.5. The van der Waals surface area contributed by atoms with Gasteiger partial charge in [0, 0.05) is 24.0 Å². The SMILES string of the molecule is COc1cccc2[nH]c(C(=O)NCCN)cc12. The van der Waals surface area contributed by atoms with E-state index in [1.165, 1.54) is 0 Å². The molecule has 4 N–H and O–H groups in total. The third-order valence-corrected chi connectivity index (χ3v) is 2.52. The van der Waals surface area contributed by atoms with Gasteiger partial charge in [0.1, 0.15) is 11.4 Å². The lowest BCUT2D eigenvalue weighted by Gasteiger charge is -1.99. The monoisotopic (exact) mass is 233 g/mol. The van der Waals surface area contributed by atoms with Crippen LogP contribution in [0.1, 0.15) is 10.5 Å². The van der Waals surface area contributed by atoms with Gasteiger partial charge >= 0.3 is 0 Å². The van der Waals surface area contributed by atoms with Crippen LogP contribution in [-0.4, -0.2) is 31.1 Å². The number of H-pyrrole nitrogens is 1. The molecule has 0 aliphatic carbocycles. The van der Waals surface area contributed by atoms with E-state index in [0.717, 1.165) is 16.7 Å². The summed E-state index contributed by atoms with van der Waals surface area (Å²) >= 11 is 0. The molecule has 0 unspecified atom stereocenters. The highest BCUT2D eigenvalue weighted by Crippen LogP contribution is 2.25. The van der Waals surface area contributed by atoms with Crippen molar-refractivity contribution in [1.29, 1.82) is 0 Å². The molecule has 0 fully saturated rings. The summed E-state index contributed by atoms with van der Waals surface area (Å²) in [5.74, 6) is 0.588. The van der Waals surface area contributed by atoms with Gasteiger partial charge in [0.25, 0.3) is 5.91 Å². The first-order valence-electron chi connectivity index (χ1n) is 5.40. The van der Waals surface area contributed by atoms with E-state index in [4.69, 9.17) is 10.5 Å². The van der Waals surface area contributed by atoms with Gasteiger partial charge in [0.2, 0.25) is 0 Å². The molecule has 1 amide bonds. The van der Waals surface area contributed by atoms with E-state index in [-0.39, 0.29) is 5.91 Å². The Hall–Kier alpha value is -2.01. The lowest BCUT2D eigenvalue weighted by molar-refractivity contribution is 0.0950. The van der Waals surface area contributed by atoms with E-state index in [9.17, 15) is 4.79 Å². The minimum Gasteiger partial charge on any atom is -0.496 e. The lowest BCUT2D eigenvalue weighted by atomic mass is 10.2. The van der Waals surface area contributed by atoms with E-state index in [1.54, 1.807) is 13.2 Å². The number of amides is 1. The molecule has 0 aliphatic rings. The molecule has 0 atom stereocenters. The first-order valence-corrected chi connectivity index (χ1v) is 5.40. The average molecular weight is 233 g/mol. The number of ether oxygens (including phenoxy) is 1. The highest BCUT2D eigenvalue weighted by molar-refractivity contribution is 5.99. The molecule has 90 valence electrons. The average Bonchev–Trinajstić information content (AvgIpc) is 2.79. The quantitative estimate of drug-likeness (QED) is 0.733. The van der Waals surface area contributed by atoms with Gasteiger partial charge < -0.3 is 20.8 Å². The van der Waals surface area contributed by atoms with Crippen LogP contribution in [0.25, 0.3) is 10.9 Å². The predicted octanol–water partition coefficient (Wildman–Crippen LogP) is 0.865. The van der Waals surface area contributed by atoms with Crippen molar-refractivity contribution in [2.75, 3.05) is 20.2 Å². The van der Waals surface area contributed by atoms with Crippen molar-refractivity contribution in [3.05, 3.63) is 30.0 Å². The normalized spacial score (nSPS) is 10.5. The number of benzene rings is 1. The number of fused-ring (bicyclic) bond motifs is 1. The molecule has 0 aliphatic heterocycles. The summed E-state index contributed by atoms with van der Waals surface area (Å²) in [5, 5.41) is 3.61. The molecular formula is C12H15N3O2. The van der Waals surface area contributed by atoms with Gasteiger partial charge in [-0.1, -0.05) is 6.07 Å². The van der Waals surface area contributed by atoms with Crippen LogP contribution in [0, 0.1) is 0 Å². The number of hydrogen-bond donors (Lipinski definition) is 3. The van der Waals surface area contributed by atoms with Crippen molar-refractivity contribution < 1.29 is 9.53 Å². The van der Waals surface area contributed by atoms with Crippen LogP contribution >= 0.6 is 0 Å². The van der Waals surface area contributed by atoms with Crippen LogP contribution in [0.4, 0.5) is 0 Å². The van der Waals surface area contributed by atoms with E-state index in [2.05, 4.69) is 10.3 Å². The number of aromatic nitrogens is 1. The number of nitrogens with two attached hydrogens (primary N) is 1. The van der Waals surface area contributed by atoms with Crippen molar-refractivity contribution in [2.45, 2.75) is 0 Å². The topological polar surface area (TPSA) is 80.1 Å². The summed E-state index contributed by atoms with van der Waals surface area (Å²) in [7, 11) is 1.61. The molecule has 0 radical (unpaired) electrons. The van der Waals surface area contributed by atoms with Crippen LogP contribution in [0.2, 0.25) is 0 Å². The van der Waals surface area contributed by atoms with Gasteiger partial charge in [-0.25, -0.2) is 0 Å². The second kappa shape index (κ2) is 4.88. The molecule has 0 spiro atoms. The second-order valence-electron chi connectivity index (χ2n) is 3.65. The number of aromatic amines is 1. The molecule has 0 bridgehead atoms. The summed E-state index contributed by atoms with van der Waals surface area (Å²) in [4.78, 5) is 14.8. The summed E-state index contributed by atoms with van der Waals surface area (Å²) in [6, 6.07) is 7.41. The van der Waals surface area contributed by atoms with Crippen molar-refractivity contribution in [1.82, 2.24) is 10.3 Å². The first-order chi connectivity index (χ1) is 8.26. The van der Waals surface area contributed by atoms with Crippen LogP contribution in [0.15, 0.2) is 24.3 Å². The minimum atomic E-state index is -0.159. The van der Waals surface area contributed by atoms with E-state index < -0.39 is 0 Å². The maximum Gasteiger partial charge on any atom is 0.267 e. The van der Waals surface area contributed by atoms with Gasteiger partial charge in [-0.15, -0.1) is 0 Å². The largest absolute Gasteiger partial charge is 0.496 e. The van der Waals surface area contributed by atoms with Crippen LogP contribution in [0.3, 0.4) is 0 Å². The molecule has 2 aromatic rings.